The number of carbonyl (C=O) groups excluding carboxylic acids is 1. The molecule has 5 nitrogen and oxygen atoms in total. The Bertz CT molecular complexity index is 1130. The summed E-state index contributed by atoms with van der Waals surface area (Å²) in [6.07, 6.45) is 5.50. The summed E-state index contributed by atoms with van der Waals surface area (Å²) in [6.45, 7) is 0.153. The number of fused-ring (bicyclic) bond motifs is 1. The number of carbonyl (C=O) groups is 2. The molecule has 1 aromatic heterocycles. The summed E-state index contributed by atoms with van der Waals surface area (Å²) in [5.74, 6) is 1.63. The second-order valence-corrected chi connectivity index (χ2v) is 7.64. The number of rotatable bonds is 5. The molecule has 29 heavy (non-hydrogen) atoms. The number of thiophene rings is 1. The molecule has 0 bridgehead atoms. The Morgan fingerprint density at radius 2 is 2.03 bits per heavy atom. The van der Waals surface area contributed by atoms with Gasteiger partial charge in [-0.05, 0) is 23.3 Å². The maximum Gasteiger partial charge on any atom is 0.346 e. The normalized spacial score (nSPS) is 15.1. The first-order valence-corrected chi connectivity index (χ1v) is 9.81. The maximum atomic E-state index is 12.5. The molecule has 1 atom stereocenters. The van der Waals surface area contributed by atoms with E-state index in [2.05, 4.69) is 11.2 Å². The summed E-state index contributed by atoms with van der Waals surface area (Å²) < 4.78 is 5.51. The number of anilines is 1. The van der Waals surface area contributed by atoms with Gasteiger partial charge in [0.15, 0.2) is 0 Å². The van der Waals surface area contributed by atoms with E-state index in [0.717, 1.165) is 16.0 Å². The molecule has 0 spiro atoms. The van der Waals surface area contributed by atoms with Crippen LogP contribution in [-0.4, -0.2) is 23.6 Å². The molecule has 2 N–H and O–H groups in total. The molecular formula is C23H17NO4S. The summed E-state index contributed by atoms with van der Waals surface area (Å²) >= 11 is 1.21. The van der Waals surface area contributed by atoms with Gasteiger partial charge in [-0.3, -0.25) is 4.79 Å². The molecule has 1 unspecified atom stereocenters. The fraction of sp³-hybridized carbons (Fsp3) is 0.130. The highest BCUT2D eigenvalue weighted by Crippen LogP contribution is 2.49. The van der Waals surface area contributed by atoms with Crippen molar-refractivity contribution in [2.24, 2.45) is 0 Å². The molecule has 2 heterocycles. The SMILES string of the molecule is C#CCOc1cccc(C2CC(=O)Nc3c2sc(C(=O)O)c3-c2ccccc2)c1. The van der Waals surface area contributed by atoms with Crippen LogP contribution in [-0.2, 0) is 4.79 Å². The molecule has 1 aliphatic heterocycles. The van der Waals surface area contributed by atoms with Crippen molar-refractivity contribution in [2.75, 3.05) is 11.9 Å². The number of nitrogens with one attached hydrogen (secondary N) is 1. The first-order chi connectivity index (χ1) is 14.1. The van der Waals surface area contributed by atoms with Gasteiger partial charge in [0.25, 0.3) is 0 Å². The molecule has 2 aromatic carbocycles. The molecule has 1 aliphatic rings. The molecule has 0 fully saturated rings. The number of terminal acetylenes is 1. The molecular weight excluding hydrogens is 386 g/mol. The van der Waals surface area contributed by atoms with Crippen LogP contribution in [0, 0.1) is 12.3 Å². The Hall–Kier alpha value is -3.56. The van der Waals surface area contributed by atoms with Crippen molar-refractivity contribution in [3.05, 3.63) is 69.9 Å². The van der Waals surface area contributed by atoms with Crippen molar-refractivity contribution in [3.63, 3.8) is 0 Å². The zero-order valence-electron chi connectivity index (χ0n) is 15.3. The van der Waals surface area contributed by atoms with Crippen molar-refractivity contribution >= 4 is 28.9 Å². The molecule has 0 aliphatic carbocycles. The average molecular weight is 403 g/mol. The van der Waals surface area contributed by atoms with E-state index in [1.54, 1.807) is 6.07 Å². The Morgan fingerprint density at radius 1 is 1.24 bits per heavy atom. The quantitative estimate of drug-likeness (QED) is 0.611. The number of carboxylic acids is 1. The smallest absolute Gasteiger partial charge is 0.346 e. The largest absolute Gasteiger partial charge is 0.481 e. The third kappa shape index (κ3) is 3.60. The first-order valence-electron chi connectivity index (χ1n) is 9.00. The van der Waals surface area contributed by atoms with Gasteiger partial charge in [0.05, 0.1) is 5.69 Å². The minimum Gasteiger partial charge on any atom is -0.481 e. The van der Waals surface area contributed by atoms with E-state index in [4.69, 9.17) is 11.2 Å². The van der Waals surface area contributed by atoms with Crippen LogP contribution in [0.2, 0.25) is 0 Å². The standard InChI is InChI=1S/C23H17NO4S/c1-2-11-28-16-10-6-9-15(12-16)17-13-18(25)24-20-19(14-7-4-3-5-8-14)22(23(26)27)29-21(17)20/h1,3-10,12,17H,11,13H2,(H,24,25)(H,26,27). The highest BCUT2D eigenvalue weighted by atomic mass is 32.1. The predicted octanol–water partition coefficient (Wildman–Crippen LogP) is 4.60. The van der Waals surface area contributed by atoms with E-state index < -0.39 is 5.97 Å². The first kappa shape index (κ1) is 18.8. The van der Waals surface area contributed by atoms with Gasteiger partial charge in [-0.15, -0.1) is 17.8 Å². The van der Waals surface area contributed by atoms with Gasteiger partial charge in [-0.25, -0.2) is 4.79 Å². The lowest BCUT2D eigenvalue weighted by molar-refractivity contribution is -0.116. The highest BCUT2D eigenvalue weighted by molar-refractivity contribution is 7.15. The van der Waals surface area contributed by atoms with Gasteiger partial charge in [0, 0.05) is 22.8 Å². The van der Waals surface area contributed by atoms with Gasteiger partial charge in [0.2, 0.25) is 5.91 Å². The topological polar surface area (TPSA) is 75.6 Å². The van der Waals surface area contributed by atoms with Crippen LogP contribution in [0.5, 0.6) is 5.75 Å². The average Bonchev–Trinajstić information content (AvgIpc) is 3.12. The lowest BCUT2D eigenvalue weighted by Gasteiger charge is -2.24. The molecule has 0 saturated heterocycles. The zero-order chi connectivity index (χ0) is 20.4. The fourth-order valence-electron chi connectivity index (χ4n) is 3.53. The maximum absolute atomic E-state index is 12.5. The molecule has 6 heteroatoms. The van der Waals surface area contributed by atoms with Crippen molar-refractivity contribution < 1.29 is 19.4 Å². The lowest BCUT2D eigenvalue weighted by atomic mass is 9.88. The third-order valence-corrected chi connectivity index (χ3v) is 6.04. The van der Waals surface area contributed by atoms with Gasteiger partial charge in [0.1, 0.15) is 17.2 Å². The van der Waals surface area contributed by atoms with Crippen LogP contribution in [0.25, 0.3) is 11.1 Å². The van der Waals surface area contributed by atoms with E-state index in [1.165, 1.54) is 11.3 Å². The number of aromatic carboxylic acids is 1. The lowest BCUT2D eigenvalue weighted by Crippen LogP contribution is -2.22. The Labute approximate surface area is 172 Å². The summed E-state index contributed by atoms with van der Waals surface area (Å²) in [5.41, 5.74) is 2.77. The van der Waals surface area contributed by atoms with Crippen molar-refractivity contribution in [1.82, 2.24) is 0 Å². The van der Waals surface area contributed by atoms with Gasteiger partial charge in [-0.2, -0.15) is 0 Å². The Kier molecular flexibility index (Phi) is 5.07. The van der Waals surface area contributed by atoms with Gasteiger partial charge in [-0.1, -0.05) is 48.4 Å². The van der Waals surface area contributed by atoms with Crippen LogP contribution in [0.1, 0.15) is 32.5 Å². The number of ether oxygens (including phenoxy) is 1. The molecule has 144 valence electrons. The summed E-state index contributed by atoms with van der Waals surface area (Å²) in [4.78, 5) is 25.5. The zero-order valence-corrected chi connectivity index (χ0v) is 16.2. The summed E-state index contributed by atoms with van der Waals surface area (Å²) in [6, 6.07) is 16.7. The predicted molar refractivity (Wildman–Crippen MR) is 113 cm³/mol. The van der Waals surface area contributed by atoms with E-state index in [9.17, 15) is 14.7 Å². The van der Waals surface area contributed by atoms with Crippen LogP contribution in [0.15, 0.2) is 54.6 Å². The van der Waals surface area contributed by atoms with Gasteiger partial charge < -0.3 is 15.2 Å². The van der Waals surface area contributed by atoms with Crippen molar-refractivity contribution in [2.45, 2.75) is 12.3 Å². The number of hydrogen-bond donors (Lipinski definition) is 2. The van der Waals surface area contributed by atoms with E-state index in [0.29, 0.717) is 17.0 Å². The third-order valence-electron chi connectivity index (χ3n) is 4.75. The van der Waals surface area contributed by atoms with Crippen LogP contribution in [0.3, 0.4) is 0 Å². The molecule has 0 saturated carbocycles. The Balaban J connectivity index is 1.85. The summed E-state index contributed by atoms with van der Waals surface area (Å²) in [5, 5.41) is 12.7. The monoisotopic (exact) mass is 403 g/mol. The number of amides is 1. The van der Waals surface area contributed by atoms with Crippen molar-refractivity contribution in [3.8, 4) is 29.2 Å². The fourth-order valence-corrected chi connectivity index (χ4v) is 4.78. The van der Waals surface area contributed by atoms with Crippen molar-refractivity contribution in [1.29, 1.82) is 0 Å². The number of benzene rings is 2. The van der Waals surface area contributed by atoms with Crippen LogP contribution >= 0.6 is 11.3 Å². The van der Waals surface area contributed by atoms with E-state index in [1.807, 2.05) is 48.5 Å². The summed E-state index contributed by atoms with van der Waals surface area (Å²) in [7, 11) is 0. The second kappa shape index (κ2) is 7.82. The molecule has 4 rings (SSSR count). The van der Waals surface area contributed by atoms with Crippen LogP contribution < -0.4 is 10.1 Å². The number of hydrogen-bond acceptors (Lipinski definition) is 4. The Morgan fingerprint density at radius 3 is 2.76 bits per heavy atom. The van der Waals surface area contributed by atoms with E-state index in [-0.39, 0.29) is 29.7 Å². The molecule has 1 amide bonds. The highest BCUT2D eigenvalue weighted by Gasteiger charge is 2.34. The minimum absolute atomic E-state index is 0.149. The van der Waals surface area contributed by atoms with Gasteiger partial charge >= 0.3 is 5.97 Å². The van der Waals surface area contributed by atoms with Crippen LogP contribution in [0.4, 0.5) is 5.69 Å². The molecule has 0 radical (unpaired) electrons. The second-order valence-electron chi connectivity index (χ2n) is 6.59. The number of carboxylic acid groups (broad SMARTS) is 1. The van der Waals surface area contributed by atoms with E-state index >= 15 is 0 Å². The minimum atomic E-state index is -1.01. The molecule has 3 aromatic rings.